The third kappa shape index (κ3) is 20.4. The van der Waals surface area contributed by atoms with Crippen molar-refractivity contribution in [3.63, 3.8) is 0 Å². The quantitative estimate of drug-likeness (QED) is 0.0667. The fourth-order valence-corrected chi connectivity index (χ4v) is 46.6. The Kier molecular flexibility index (Phi) is 30.5. The van der Waals surface area contributed by atoms with Crippen molar-refractivity contribution in [2.75, 3.05) is 0 Å². The van der Waals surface area contributed by atoms with E-state index in [0.29, 0.717) is 0 Å². The van der Waals surface area contributed by atoms with Crippen molar-refractivity contribution in [3.05, 3.63) is 360 Å². The van der Waals surface area contributed by atoms with Gasteiger partial charge in [-0.1, -0.05) is 298 Å². The fourth-order valence-electron chi connectivity index (χ4n) is 38.4. The van der Waals surface area contributed by atoms with Crippen molar-refractivity contribution in [1.82, 2.24) is 0 Å². The third-order valence-electron chi connectivity index (χ3n) is 44.9. The van der Waals surface area contributed by atoms with Crippen LogP contribution in [0.1, 0.15) is 387 Å². The second-order valence-corrected chi connectivity index (χ2v) is 60.1. The van der Waals surface area contributed by atoms with Crippen LogP contribution in [0.5, 0.6) is 0 Å². The van der Waals surface area contributed by atoms with Crippen LogP contribution in [0.15, 0.2) is 374 Å². The van der Waals surface area contributed by atoms with Crippen molar-refractivity contribution in [2.24, 2.45) is 118 Å². The molecule has 150 heavy (non-hydrogen) atoms. The van der Waals surface area contributed by atoms with Gasteiger partial charge in [0.2, 0.25) is 0 Å². The van der Waals surface area contributed by atoms with Gasteiger partial charge in [0.1, 0.15) is 0 Å². The summed E-state index contributed by atoms with van der Waals surface area (Å²) >= 11 is 0. The van der Waals surface area contributed by atoms with Gasteiger partial charge in [0, 0.05) is 0 Å². The molecule has 0 nitrogen and oxygen atoms in total. The minimum absolute atomic E-state index is 0.0340. The fraction of sp³-hybridized carbons (Fsp3) is 0.507. The molecule has 0 spiro atoms. The molecule has 0 saturated heterocycles. The molecule has 25 atom stereocenters. The molecule has 0 aromatic heterocycles. The Morgan fingerprint density at radius 1 is 0.113 bits per heavy atom. The Labute approximate surface area is 915 Å². The zero-order chi connectivity index (χ0) is 99.3. The Bertz CT molecular complexity index is 5960. The summed E-state index contributed by atoms with van der Waals surface area (Å²) in [5, 5.41) is 0. The highest BCUT2D eigenvalue weighted by Crippen LogP contribution is 2.70. The molecule has 0 radical (unpaired) electrons. The molecular weight excluding hydrogens is 1880 g/mol. The summed E-state index contributed by atoms with van der Waals surface area (Å²) in [4.78, 5) is 17.5. The first-order valence-corrected chi connectivity index (χ1v) is 67.2. The summed E-state index contributed by atoms with van der Waals surface area (Å²) in [5.41, 5.74) is 12.9. The van der Waals surface area contributed by atoms with Gasteiger partial charge in [0.25, 0.3) is 0 Å². The minimum atomic E-state index is -0.0622. The van der Waals surface area contributed by atoms with Crippen LogP contribution in [0.25, 0.3) is 0 Å². The second kappa shape index (κ2) is 45.7. The summed E-state index contributed by atoms with van der Waals surface area (Å²) in [7, 11) is -0.196. The molecular formula is C146H172S4+4. The van der Waals surface area contributed by atoms with Gasteiger partial charge in [-0.25, -0.2) is 0 Å². The lowest BCUT2D eigenvalue weighted by Crippen LogP contribution is -2.23. The number of benzene rings is 12. The molecule has 18 saturated carbocycles. The topological polar surface area (TPSA) is 0 Å². The number of hydrogen-bond acceptors (Lipinski definition) is 0. The lowest BCUT2D eigenvalue weighted by atomic mass is 9.73. The first-order chi connectivity index (χ1) is 74.4. The highest BCUT2D eigenvalue weighted by molar-refractivity contribution is 7.98. The van der Waals surface area contributed by atoms with E-state index in [9.17, 15) is 0 Å². The molecule has 18 aliphatic rings. The van der Waals surface area contributed by atoms with E-state index < -0.39 is 0 Å². The van der Waals surface area contributed by atoms with Crippen molar-refractivity contribution >= 4 is 43.6 Å². The molecule has 30 rings (SSSR count). The zero-order valence-corrected chi connectivity index (χ0v) is 93.6. The predicted octanol–water partition coefficient (Wildman–Crippen LogP) is 40.3. The lowest BCUT2D eigenvalue weighted by Gasteiger charge is -2.32. The van der Waals surface area contributed by atoms with E-state index in [2.05, 4.69) is 315 Å². The monoisotopic (exact) mass is 2050 g/mol. The molecule has 10 bridgehead atoms. The number of rotatable bonds is 20. The van der Waals surface area contributed by atoms with Crippen LogP contribution in [0.3, 0.4) is 0 Å². The molecule has 12 aromatic rings. The van der Waals surface area contributed by atoms with Gasteiger partial charge in [-0.15, -0.1) is 0 Å². The maximum Gasteiger partial charge on any atom is 0.166 e. The van der Waals surface area contributed by atoms with Crippen LogP contribution in [-0.2, 0) is 43.6 Å². The van der Waals surface area contributed by atoms with E-state index in [1.807, 2.05) is 0 Å². The first kappa shape index (κ1) is 100. The van der Waals surface area contributed by atoms with E-state index in [1.165, 1.54) is 354 Å². The van der Waals surface area contributed by atoms with Gasteiger partial charge in [-0.3, -0.25) is 0 Å². The van der Waals surface area contributed by atoms with Gasteiger partial charge < -0.3 is 0 Å². The Balaban J connectivity index is 0.000000101. The Hall–Kier alpha value is -7.96. The molecule has 0 amide bonds. The van der Waals surface area contributed by atoms with Gasteiger partial charge >= 0.3 is 0 Å². The molecule has 0 aliphatic heterocycles. The molecule has 18 fully saturated rings. The molecule has 776 valence electrons. The number of hydrogen-bond donors (Lipinski definition) is 0. The van der Waals surface area contributed by atoms with E-state index in [4.69, 9.17) is 0 Å². The SMILES string of the molecule is c1cc([S+](c2ccc(C3CC4CC3C3CCCC43)cc2)c2ccc(C3CC4CC3C3CCCC43)cc2)ccc1C1CC2CC1C1CCCC21.c1ccc([S+](c2ccc(C3CC4CC3C3CCCC43)cc2)c2ccc(C3CC4CC3C3CCCC43)cc2)cc1.c1ccc([S+](c2ccc(C3CCCCCCC3)cc2)c2ccc(C3CCCCCCC3)cc2)cc1.c1ccc([S+](c2ccccc2)c2ccc(C3CCCCCCC3)cc2)cc1. The maximum atomic E-state index is 2.58. The average Bonchev–Trinajstić information content (AvgIpc) is 1.60. The van der Waals surface area contributed by atoms with E-state index in [0.717, 1.165) is 166 Å². The van der Waals surface area contributed by atoms with Gasteiger partial charge in [0.05, 0.1) is 43.6 Å². The molecule has 4 heteroatoms. The van der Waals surface area contributed by atoms with Crippen LogP contribution < -0.4 is 0 Å². The maximum absolute atomic E-state index is 2.58. The van der Waals surface area contributed by atoms with Gasteiger partial charge in [0.15, 0.2) is 58.7 Å². The summed E-state index contributed by atoms with van der Waals surface area (Å²) in [6.07, 6.45) is 67.0. The van der Waals surface area contributed by atoms with Gasteiger partial charge in [-0.05, 0) is 523 Å². The van der Waals surface area contributed by atoms with Crippen LogP contribution in [0, 0.1) is 118 Å². The highest BCUT2D eigenvalue weighted by Gasteiger charge is 2.60. The van der Waals surface area contributed by atoms with Gasteiger partial charge in [-0.2, -0.15) is 0 Å². The standard InChI is InChI=1S/C48H57S.C38H43S.C34H43S.C26H29S/c1-4-37-31-22-43(46(25-31)40(37)7-1)28-10-16-34(17-11-28)49(35-18-12-29(13-19-35)44-23-32-26-47(44)41-8-2-5-38(32)41)36-20-14-30(15-21-36)45-24-33-27-48(45)42-9-3-6-39(33)42;1-2-6-28(7-3-1)39(29-16-12-24(13-17-29)35-20-26-22-37(35)33-10-4-8-31(26)33)30-18-14-25(15-19-30)36-21-27-23-38(36)34-11-5-9-32(27)34;1-3-8-14-28(15-9-4-1)30-20-24-33(25-21-30)35(32-18-12-7-13-19-32)34-26-22-31(23-27-34)29-16-10-5-2-6-11-17-29;1-2-6-12-22(13-7-3-1)23-18-20-26(21-19-23)27(24-14-8-4-9-15-24)25-16-10-5-11-17-25/h10-21,31-33,37-48H,1-9,22-27H2;1-3,6-7,12-19,26-27,31-38H,4-5,8-11,20-23H2;7,12-13,18-29H,1-6,8-11,14-17H2;4-5,8-11,14-22H,1-3,6-7,12-13H2/q4*+1. The van der Waals surface area contributed by atoms with Crippen molar-refractivity contribution in [2.45, 2.75) is 401 Å². The predicted molar refractivity (Wildman–Crippen MR) is 630 cm³/mol. The van der Waals surface area contributed by atoms with E-state index >= 15 is 0 Å². The van der Waals surface area contributed by atoms with Crippen molar-refractivity contribution < 1.29 is 0 Å². The number of fused-ring (bicyclic) bond motifs is 25. The summed E-state index contributed by atoms with van der Waals surface area (Å²) in [5.74, 6) is 27.0. The smallest absolute Gasteiger partial charge is 0.0619 e. The summed E-state index contributed by atoms with van der Waals surface area (Å²) in [6.45, 7) is 0. The lowest BCUT2D eigenvalue weighted by molar-refractivity contribution is 0.232. The van der Waals surface area contributed by atoms with E-state index in [-0.39, 0.29) is 43.6 Å². The van der Waals surface area contributed by atoms with Crippen LogP contribution in [0.2, 0.25) is 0 Å². The third-order valence-corrected chi connectivity index (χ3v) is 53.8. The second-order valence-electron chi connectivity index (χ2n) is 52.0. The normalized spacial score (nSPS) is 32.7. The molecule has 18 aliphatic carbocycles. The Morgan fingerprint density at radius 2 is 0.260 bits per heavy atom. The zero-order valence-electron chi connectivity index (χ0n) is 90.3. The summed E-state index contributed by atoms with van der Waals surface area (Å²) < 4.78 is 0. The van der Waals surface area contributed by atoms with Crippen molar-refractivity contribution in [3.8, 4) is 0 Å². The molecule has 25 unspecified atom stereocenters. The van der Waals surface area contributed by atoms with Crippen LogP contribution in [0.4, 0.5) is 0 Å². The average molecular weight is 2060 g/mol. The highest BCUT2D eigenvalue weighted by atomic mass is 32.2. The van der Waals surface area contributed by atoms with E-state index in [1.54, 1.807) is 44.5 Å². The minimum Gasteiger partial charge on any atom is -0.0619 e. The molecule has 0 N–H and O–H groups in total. The van der Waals surface area contributed by atoms with Crippen LogP contribution >= 0.6 is 0 Å². The molecule has 0 heterocycles. The Morgan fingerprint density at radius 3 is 0.433 bits per heavy atom. The molecule has 12 aromatic carbocycles. The summed E-state index contributed by atoms with van der Waals surface area (Å²) in [6, 6.07) is 124. The first-order valence-electron chi connectivity index (χ1n) is 62.3. The van der Waals surface area contributed by atoms with Crippen LogP contribution in [-0.4, -0.2) is 0 Å². The largest absolute Gasteiger partial charge is 0.166 e. The van der Waals surface area contributed by atoms with Crippen molar-refractivity contribution in [1.29, 1.82) is 0 Å².